The van der Waals surface area contributed by atoms with Gasteiger partial charge in [-0.15, -0.1) is 0 Å². The van der Waals surface area contributed by atoms with E-state index in [0.29, 0.717) is 19.1 Å². The molecule has 0 radical (unpaired) electrons. The minimum atomic E-state index is 0.546. The first-order valence-electron chi connectivity index (χ1n) is 5.91. The first-order chi connectivity index (χ1) is 8.76. The van der Waals surface area contributed by atoms with Crippen molar-refractivity contribution >= 4 is 5.96 Å². The lowest BCUT2D eigenvalue weighted by Crippen LogP contribution is -2.42. The normalized spacial score (nSPS) is 11.4. The Morgan fingerprint density at radius 3 is 2.94 bits per heavy atom. The molecular formula is C12H21N5O. The van der Waals surface area contributed by atoms with E-state index in [-0.39, 0.29) is 0 Å². The van der Waals surface area contributed by atoms with Crippen LogP contribution in [-0.2, 0) is 11.3 Å². The summed E-state index contributed by atoms with van der Waals surface area (Å²) in [5, 5.41) is 3.10. The van der Waals surface area contributed by atoms with Crippen LogP contribution in [0.1, 0.15) is 17.7 Å². The summed E-state index contributed by atoms with van der Waals surface area (Å²) in [6.07, 6.45) is 2.72. The maximum atomic E-state index is 5.39. The summed E-state index contributed by atoms with van der Waals surface area (Å²) in [6.45, 7) is 3.98. The van der Waals surface area contributed by atoms with Gasteiger partial charge in [-0.05, 0) is 25.0 Å². The van der Waals surface area contributed by atoms with Gasteiger partial charge >= 0.3 is 0 Å². The van der Waals surface area contributed by atoms with Crippen LogP contribution in [0.3, 0.4) is 0 Å². The van der Waals surface area contributed by atoms with Crippen molar-refractivity contribution in [2.75, 3.05) is 20.3 Å². The largest absolute Gasteiger partial charge is 0.385 e. The van der Waals surface area contributed by atoms with Crippen LogP contribution in [0.2, 0.25) is 0 Å². The Labute approximate surface area is 108 Å². The van der Waals surface area contributed by atoms with Crippen molar-refractivity contribution in [1.29, 1.82) is 0 Å². The zero-order valence-electron chi connectivity index (χ0n) is 10.9. The summed E-state index contributed by atoms with van der Waals surface area (Å²) in [7, 11) is 1.68. The number of hydrogen-bond donors (Lipinski definition) is 3. The summed E-state index contributed by atoms with van der Waals surface area (Å²) >= 11 is 0. The molecule has 0 aromatic carbocycles. The van der Waals surface area contributed by atoms with Crippen molar-refractivity contribution < 1.29 is 4.74 Å². The number of hydrazine groups is 1. The average Bonchev–Trinajstić information content (AvgIpc) is 2.40. The molecule has 0 amide bonds. The van der Waals surface area contributed by atoms with E-state index in [2.05, 4.69) is 20.7 Å². The smallest absolute Gasteiger partial charge is 0.206 e. The molecule has 6 nitrogen and oxygen atoms in total. The summed E-state index contributed by atoms with van der Waals surface area (Å²) < 4.78 is 4.96. The lowest BCUT2D eigenvalue weighted by molar-refractivity contribution is 0.195. The van der Waals surface area contributed by atoms with Crippen LogP contribution in [0.5, 0.6) is 0 Å². The average molecular weight is 251 g/mol. The van der Waals surface area contributed by atoms with Crippen LogP contribution in [0.25, 0.3) is 0 Å². The highest BCUT2D eigenvalue weighted by Gasteiger charge is 1.96. The summed E-state index contributed by atoms with van der Waals surface area (Å²) in [5.41, 5.74) is 4.58. The molecule has 4 N–H and O–H groups in total. The van der Waals surface area contributed by atoms with Gasteiger partial charge in [-0.2, -0.15) is 0 Å². The van der Waals surface area contributed by atoms with Gasteiger partial charge in [0, 0.05) is 32.2 Å². The quantitative estimate of drug-likeness (QED) is 0.223. The van der Waals surface area contributed by atoms with Crippen molar-refractivity contribution in [3.63, 3.8) is 0 Å². The first kappa shape index (κ1) is 14.4. The number of nitrogens with one attached hydrogen (secondary N) is 2. The van der Waals surface area contributed by atoms with Gasteiger partial charge < -0.3 is 10.1 Å². The first-order valence-corrected chi connectivity index (χ1v) is 5.91. The number of guanidine groups is 1. The number of nitrogens with zero attached hydrogens (tertiary/aromatic N) is 2. The van der Waals surface area contributed by atoms with Gasteiger partial charge in [-0.25, -0.2) is 10.8 Å². The molecule has 0 saturated carbocycles. The van der Waals surface area contributed by atoms with Gasteiger partial charge in [-0.3, -0.25) is 10.4 Å². The van der Waals surface area contributed by atoms with Crippen LogP contribution in [0, 0.1) is 6.92 Å². The molecule has 1 aromatic rings. The van der Waals surface area contributed by atoms with Crippen molar-refractivity contribution in [1.82, 2.24) is 15.7 Å². The molecule has 0 saturated heterocycles. The third-order valence-electron chi connectivity index (χ3n) is 2.35. The van der Waals surface area contributed by atoms with Crippen LogP contribution < -0.4 is 16.6 Å². The molecule has 0 unspecified atom stereocenters. The number of aromatic nitrogens is 1. The number of ether oxygens (including phenoxy) is 1. The van der Waals surface area contributed by atoms with E-state index < -0.39 is 0 Å². The molecule has 0 atom stereocenters. The maximum Gasteiger partial charge on any atom is 0.206 e. The number of aliphatic imine (C=N–C) groups is 1. The van der Waals surface area contributed by atoms with Gasteiger partial charge in [0.15, 0.2) is 0 Å². The second kappa shape index (κ2) is 8.43. The molecule has 1 aromatic heterocycles. The maximum absolute atomic E-state index is 5.39. The third-order valence-corrected chi connectivity index (χ3v) is 2.35. The van der Waals surface area contributed by atoms with E-state index in [9.17, 15) is 0 Å². The highest BCUT2D eigenvalue weighted by molar-refractivity contribution is 5.79. The SMILES string of the molecule is COCCCNC(=NCc1ccc(C)nc1)NN. The minimum absolute atomic E-state index is 0.546. The molecule has 0 aliphatic rings. The monoisotopic (exact) mass is 251 g/mol. The molecule has 1 rings (SSSR count). The summed E-state index contributed by atoms with van der Waals surface area (Å²) in [4.78, 5) is 8.54. The molecule has 0 bridgehead atoms. The molecule has 0 aliphatic heterocycles. The Bertz CT molecular complexity index is 363. The molecule has 6 heteroatoms. The molecular weight excluding hydrogens is 230 g/mol. The Kier molecular flexibility index (Phi) is 6.75. The van der Waals surface area contributed by atoms with E-state index in [4.69, 9.17) is 10.6 Å². The second-order valence-electron chi connectivity index (χ2n) is 3.89. The van der Waals surface area contributed by atoms with Gasteiger partial charge in [0.1, 0.15) is 0 Å². The van der Waals surface area contributed by atoms with E-state index in [0.717, 1.165) is 24.2 Å². The van der Waals surface area contributed by atoms with E-state index in [1.807, 2.05) is 25.3 Å². The number of methoxy groups -OCH3 is 1. The summed E-state index contributed by atoms with van der Waals surface area (Å²) in [6, 6.07) is 3.97. The Morgan fingerprint density at radius 2 is 2.33 bits per heavy atom. The molecule has 0 fully saturated rings. The number of nitrogens with two attached hydrogens (primary N) is 1. The van der Waals surface area contributed by atoms with Gasteiger partial charge in [0.2, 0.25) is 5.96 Å². The van der Waals surface area contributed by atoms with Gasteiger partial charge in [0.05, 0.1) is 6.54 Å². The molecule has 1 heterocycles. The van der Waals surface area contributed by atoms with E-state index >= 15 is 0 Å². The van der Waals surface area contributed by atoms with Crippen LogP contribution in [-0.4, -0.2) is 31.2 Å². The van der Waals surface area contributed by atoms with Crippen LogP contribution in [0.15, 0.2) is 23.3 Å². The molecule has 100 valence electrons. The van der Waals surface area contributed by atoms with Gasteiger partial charge in [0.25, 0.3) is 0 Å². The number of hydrogen-bond acceptors (Lipinski definition) is 4. The van der Waals surface area contributed by atoms with E-state index in [1.54, 1.807) is 7.11 Å². The standard InChI is InChI=1S/C12H21N5O/c1-10-4-5-11(8-15-10)9-16-12(17-13)14-6-3-7-18-2/h4-5,8H,3,6-7,9,13H2,1-2H3,(H2,14,16,17). The third kappa shape index (κ3) is 5.60. The number of rotatable bonds is 6. The van der Waals surface area contributed by atoms with Crippen molar-refractivity contribution in [2.24, 2.45) is 10.8 Å². The molecule has 0 spiro atoms. The fourth-order valence-corrected chi connectivity index (χ4v) is 1.34. The fourth-order valence-electron chi connectivity index (χ4n) is 1.34. The zero-order chi connectivity index (χ0) is 13.2. The van der Waals surface area contributed by atoms with Crippen molar-refractivity contribution in [2.45, 2.75) is 19.9 Å². The number of pyridine rings is 1. The van der Waals surface area contributed by atoms with Crippen LogP contribution >= 0.6 is 0 Å². The van der Waals surface area contributed by atoms with E-state index in [1.165, 1.54) is 0 Å². The zero-order valence-corrected chi connectivity index (χ0v) is 10.9. The van der Waals surface area contributed by atoms with Gasteiger partial charge in [-0.1, -0.05) is 6.07 Å². The summed E-state index contributed by atoms with van der Waals surface area (Å²) in [5.74, 6) is 5.96. The predicted molar refractivity (Wildman–Crippen MR) is 71.9 cm³/mol. The Morgan fingerprint density at radius 1 is 1.50 bits per heavy atom. The topological polar surface area (TPSA) is 84.6 Å². The second-order valence-corrected chi connectivity index (χ2v) is 3.89. The predicted octanol–water partition coefficient (Wildman–Crippen LogP) is 0.335. The van der Waals surface area contributed by atoms with Crippen molar-refractivity contribution in [3.8, 4) is 0 Å². The highest BCUT2D eigenvalue weighted by Crippen LogP contribution is 2.00. The number of aryl methyl sites for hydroxylation is 1. The minimum Gasteiger partial charge on any atom is -0.385 e. The lowest BCUT2D eigenvalue weighted by Gasteiger charge is -2.08. The molecule has 18 heavy (non-hydrogen) atoms. The fraction of sp³-hybridized carbons (Fsp3) is 0.500. The Hall–Kier alpha value is -1.66. The Balaban J connectivity index is 2.39. The highest BCUT2D eigenvalue weighted by atomic mass is 16.5. The lowest BCUT2D eigenvalue weighted by atomic mass is 10.2. The van der Waals surface area contributed by atoms with Crippen molar-refractivity contribution in [3.05, 3.63) is 29.6 Å². The molecule has 0 aliphatic carbocycles. The van der Waals surface area contributed by atoms with Crippen LogP contribution in [0.4, 0.5) is 0 Å².